The first-order valence-corrected chi connectivity index (χ1v) is 13.9. The second-order valence-electron chi connectivity index (χ2n) is 9.97. The number of rotatable bonds is 3. The Morgan fingerprint density at radius 1 is 0.615 bits per heavy atom. The van der Waals surface area contributed by atoms with Crippen molar-refractivity contribution in [2.45, 2.75) is 6.92 Å². The predicted octanol–water partition coefficient (Wildman–Crippen LogP) is 9.58. The zero-order chi connectivity index (χ0) is 25.9. The lowest BCUT2D eigenvalue weighted by Gasteiger charge is -2.12. The highest BCUT2D eigenvalue weighted by Gasteiger charge is 2.19. The standard InChI is InChI=1S/C35H23N3S/c1-22-16-19-30-27(20-22)26-14-8-9-15-29(26)38(30)35-36-28-18-17-25-21-31(23-10-4-2-5-11-23)39-34(25)32(28)33(37-35)24-12-6-3-7-13-24/h2-21H,1H3. The molecule has 0 atom stereocenters. The number of benzene rings is 5. The molecule has 0 aliphatic rings. The van der Waals surface area contributed by atoms with Gasteiger partial charge >= 0.3 is 0 Å². The van der Waals surface area contributed by atoms with Gasteiger partial charge in [-0.3, -0.25) is 4.57 Å². The summed E-state index contributed by atoms with van der Waals surface area (Å²) in [5.74, 6) is 0.690. The van der Waals surface area contributed by atoms with E-state index in [1.165, 1.54) is 36.9 Å². The summed E-state index contributed by atoms with van der Waals surface area (Å²) in [7, 11) is 0. The lowest BCUT2D eigenvalue weighted by atomic mass is 10.0. The summed E-state index contributed by atoms with van der Waals surface area (Å²) in [6.45, 7) is 2.14. The fourth-order valence-corrected chi connectivity index (χ4v) is 6.86. The Morgan fingerprint density at radius 2 is 1.33 bits per heavy atom. The van der Waals surface area contributed by atoms with Gasteiger partial charge in [-0.1, -0.05) is 96.6 Å². The monoisotopic (exact) mass is 517 g/mol. The Bertz CT molecular complexity index is 2170. The molecule has 0 aliphatic heterocycles. The van der Waals surface area contributed by atoms with Crippen molar-refractivity contribution in [2.75, 3.05) is 0 Å². The molecule has 0 aliphatic carbocycles. The zero-order valence-corrected chi connectivity index (χ0v) is 22.1. The van der Waals surface area contributed by atoms with E-state index in [-0.39, 0.29) is 0 Å². The van der Waals surface area contributed by atoms with Crippen LogP contribution in [0.5, 0.6) is 0 Å². The second kappa shape index (κ2) is 8.62. The minimum atomic E-state index is 0.690. The molecule has 3 aromatic heterocycles. The van der Waals surface area contributed by atoms with E-state index in [0.29, 0.717) is 5.95 Å². The van der Waals surface area contributed by atoms with Crippen LogP contribution >= 0.6 is 11.3 Å². The van der Waals surface area contributed by atoms with Crippen LogP contribution in [0.25, 0.3) is 70.4 Å². The number of fused-ring (bicyclic) bond motifs is 6. The molecule has 8 rings (SSSR count). The molecule has 0 unspecified atom stereocenters. The molecule has 3 nitrogen and oxygen atoms in total. The van der Waals surface area contributed by atoms with Crippen LogP contribution < -0.4 is 0 Å². The van der Waals surface area contributed by atoms with Gasteiger partial charge in [0.1, 0.15) is 0 Å². The summed E-state index contributed by atoms with van der Waals surface area (Å²) >= 11 is 1.81. The van der Waals surface area contributed by atoms with Gasteiger partial charge in [0, 0.05) is 31.3 Å². The number of hydrogen-bond donors (Lipinski definition) is 0. The number of nitrogens with zero attached hydrogens (tertiary/aromatic N) is 3. The lowest BCUT2D eigenvalue weighted by Crippen LogP contribution is -2.03. The number of hydrogen-bond acceptors (Lipinski definition) is 3. The molecule has 5 aromatic carbocycles. The molecule has 3 heterocycles. The highest BCUT2D eigenvalue weighted by molar-refractivity contribution is 7.23. The summed E-state index contributed by atoms with van der Waals surface area (Å²) < 4.78 is 3.43. The molecular weight excluding hydrogens is 494 g/mol. The Labute approximate surface area is 229 Å². The van der Waals surface area contributed by atoms with Crippen LogP contribution in [-0.2, 0) is 0 Å². The summed E-state index contributed by atoms with van der Waals surface area (Å²) in [6.07, 6.45) is 0. The fraction of sp³-hybridized carbons (Fsp3) is 0.0286. The van der Waals surface area contributed by atoms with Gasteiger partial charge in [-0.25, -0.2) is 9.97 Å². The van der Waals surface area contributed by atoms with Crippen molar-refractivity contribution < 1.29 is 0 Å². The molecular formula is C35H23N3S. The second-order valence-corrected chi connectivity index (χ2v) is 11.0. The third-order valence-electron chi connectivity index (χ3n) is 7.47. The van der Waals surface area contributed by atoms with Crippen molar-refractivity contribution in [3.05, 3.63) is 127 Å². The zero-order valence-electron chi connectivity index (χ0n) is 21.3. The highest BCUT2D eigenvalue weighted by Crippen LogP contribution is 2.41. The van der Waals surface area contributed by atoms with Crippen LogP contribution in [0.15, 0.2) is 121 Å². The third kappa shape index (κ3) is 3.49. The summed E-state index contributed by atoms with van der Waals surface area (Å²) in [5.41, 5.74) is 7.69. The van der Waals surface area contributed by atoms with Crippen molar-refractivity contribution in [1.82, 2.24) is 14.5 Å². The number of thiophene rings is 1. The van der Waals surface area contributed by atoms with Crippen molar-refractivity contribution in [2.24, 2.45) is 0 Å². The molecule has 39 heavy (non-hydrogen) atoms. The number of aromatic nitrogens is 3. The van der Waals surface area contributed by atoms with Crippen LogP contribution in [-0.4, -0.2) is 14.5 Å². The maximum atomic E-state index is 5.33. The van der Waals surface area contributed by atoms with Gasteiger partial charge in [0.15, 0.2) is 0 Å². The Hall–Kier alpha value is -4.80. The Kier molecular flexibility index (Phi) is 4.91. The largest absolute Gasteiger partial charge is 0.278 e. The SMILES string of the molecule is Cc1ccc2c(c1)c1ccccc1n2-c1nc(-c2ccccc2)c2c(ccc3cc(-c4ccccc4)sc32)n1. The molecule has 0 spiro atoms. The minimum Gasteiger partial charge on any atom is -0.278 e. The van der Waals surface area contributed by atoms with E-state index in [2.05, 4.69) is 133 Å². The Balaban J connectivity index is 1.47. The minimum absolute atomic E-state index is 0.690. The Morgan fingerprint density at radius 3 is 2.15 bits per heavy atom. The van der Waals surface area contributed by atoms with E-state index in [4.69, 9.17) is 9.97 Å². The molecule has 8 aromatic rings. The predicted molar refractivity (Wildman–Crippen MR) is 165 cm³/mol. The average Bonchev–Trinajstić information content (AvgIpc) is 3.57. The van der Waals surface area contributed by atoms with Gasteiger partial charge in [0.25, 0.3) is 0 Å². The maximum absolute atomic E-state index is 5.33. The van der Waals surface area contributed by atoms with Gasteiger partial charge in [-0.05, 0) is 48.2 Å². The van der Waals surface area contributed by atoms with Crippen molar-refractivity contribution in [3.63, 3.8) is 0 Å². The smallest absolute Gasteiger partial charge is 0.235 e. The average molecular weight is 518 g/mol. The molecule has 0 N–H and O–H groups in total. The van der Waals surface area contributed by atoms with Gasteiger partial charge in [-0.2, -0.15) is 0 Å². The van der Waals surface area contributed by atoms with Crippen LogP contribution in [0, 0.1) is 6.92 Å². The molecule has 0 amide bonds. The van der Waals surface area contributed by atoms with E-state index in [1.54, 1.807) is 0 Å². The van der Waals surface area contributed by atoms with Gasteiger partial charge < -0.3 is 0 Å². The first-order chi connectivity index (χ1) is 19.2. The van der Waals surface area contributed by atoms with E-state index in [0.717, 1.165) is 33.2 Å². The van der Waals surface area contributed by atoms with Crippen LogP contribution in [0.3, 0.4) is 0 Å². The van der Waals surface area contributed by atoms with E-state index < -0.39 is 0 Å². The van der Waals surface area contributed by atoms with Crippen molar-refractivity contribution >= 4 is 54.1 Å². The summed E-state index contributed by atoms with van der Waals surface area (Å²) in [4.78, 5) is 11.8. The normalized spacial score (nSPS) is 11.7. The van der Waals surface area contributed by atoms with Crippen LogP contribution in [0.1, 0.15) is 5.56 Å². The lowest BCUT2D eigenvalue weighted by molar-refractivity contribution is 1.01. The third-order valence-corrected chi connectivity index (χ3v) is 8.68. The first-order valence-electron chi connectivity index (χ1n) is 13.1. The highest BCUT2D eigenvalue weighted by atomic mass is 32.1. The van der Waals surface area contributed by atoms with Gasteiger partial charge in [0.2, 0.25) is 5.95 Å². The molecule has 4 heteroatoms. The van der Waals surface area contributed by atoms with Crippen LogP contribution in [0.4, 0.5) is 0 Å². The van der Waals surface area contributed by atoms with E-state index >= 15 is 0 Å². The first kappa shape index (κ1) is 22.2. The maximum Gasteiger partial charge on any atom is 0.235 e. The molecule has 0 radical (unpaired) electrons. The van der Waals surface area contributed by atoms with Crippen molar-refractivity contribution in [3.8, 4) is 27.6 Å². The quantitative estimate of drug-likeness (QED) is 0.234. The summed E-state index contributed by atoms with van der Waals surface area (Å²) in [6, 6.07) is 42.9. The van der Waals surface area contributed by atoms with Gasteiger partial charge in [-0.15, -0.1) is 11.3 Å². The number of aryl methyl sites for hydroxylation is 1. The number of para-hydroxylation sites is 1. The molecule has 184 valence electrons. The fourth-order valence-electron chi connectivity index (χ4n) is 5.66. The van der Waals surface area contributed by atoms with Crippen molar-refractivity contribution in [1.29, 1.82) is 0 Å². The summed E-state index contributed by atoms with van der Waals surface area (Å²) in [5, 5.41) is 4.75. The van der Waals surface area contributed by atoms with E-state index in [1.807, 2.05) is 11.3 Å². The molecule has 0 bridgehead atoms. The topological polar surface area (TPSA) is 30.7 Å². The van der Waals surface area contributed by atoms with Gasteiger partial charge in [0.05, 0.1) is 22.2 Å². The van der Waals surface area contributed by atoms with E-state index in [9.17, 15) is 0 Å². The molecule has 0 fully saturated rings. The molecule has 0 saturated heterocycles. The van der Waals surface area contributed by atoms with Crippen LogP contribution in [0.2, 0.25) is 0 Å². The molecule has 0 saturated carbocycles.